The summed E-state index contributed by atoms with van der Waals surface area (Å²) in [6.07, 6.45) is 5.50. The van der Waals surface area contributed by atoms with Crippen molar-refractivity contribution >= 4 is 5.82 Å². The van der Waals surface area contributed by atoms with E-state index in [2.05, 4.69) is 29.8 Å². The monoisotopic (exact) mass is 219 g/mol. The lowest BCUT2D eigenvalue weighted by atomic mass is 10.0. The van der Waals surface area contributed by atoms with Crippen LogP contribution in [-0.2, 0) is 0 Å². The van der Waals surface area contributed by atoms with Crippen molar-refractivity contribution in [3.8, 4) is 0 Å². The fourth-order valence-electron chi connectivity index (χ4n) is 2.28. The molecule has 0 aromatic carbocycles. The lowest BCUT2D eigenvalue weighted by molar-refractivity contribution is 0.689. The van der Waals surface area contributed by atoms with Gasteiger partial charge in [0.1, 0.15) is 5.82 Å². The van der Waals surface area contributed by atoms with Gasteiger partial charge in [-0.25, -0.2) is 4.98 Å². The summed E-state index contributed by atoms with van der Waals surface area (Å²) >= 11 is 0. The predicted molar refractivity (Wildman–Crippen MR) is 67.6 cm³/mol. The molecule has 1 atom stereocenters. The highest BCUT2D eigenvalue weighted by Gasteiger charge is 2.15. The molecule has 0 unspecified atom stereocenters. The van der Waals surface area contributed by atoms with Crippen molar-refractivity contribution in [2.24, 2.45) is 5.73 Å². The largest absolute Gasteiger partial charge is 0.357 e. The molecule has 2 N–H and O–H groups in total. The lowest BCUT2D eigenvalue weighted by Gasteiger charge is -2.19. The van der Waals surface area contributed by atoms with E-state index in [0.29, 0.717) is 0 Å². The molecular weight excluding hydrogens is 198 g/mol. The highest BCUT2D eigenvalue weighted by molar-refractivity contribution is 5.44. The van der Waals surface area contributed by atoms with Crippen LogP contribution in [0.1, 0.15) is 43.4 Å². The lowest BCUT2D eigenvalue weighted by Crippen LogP contribution is -2.20. The molecule has 1 aromatic rings. The molecule has 1 saturated heterocycles. The molecule has 3 heteroatoms. The van der Waals surface area contributed by atoms with Gasteiger partial charge >= 0.3 is 0 Å². The zero-order valence-electron chi connectivity index (χ0n) is 10.2. The molecule has 1 aromatic heterocycles. The summed E-state index contributed by atoms with van der Waals surface area (Å²) in [5, 5.41) is 0. The van der Waals surface area contributed by atoms with Crippen LogP contribution in [0.4, 0.5) is 5.82 Å². The van der Waals surface area contributed by atoms with Gasteiger partial charge in [-0.3, -0.25) is 0 Å². The zero-order chi connectivity index (χ0) is 11.5. The SMILES string of the molecule is CC[C@@H](N)c1cnc(N2CCCC2)cc1C. The van der Waals surface area contributed by atoms with Gasteiger partial charge in [0.15, 0.2) is 0 Å². The molecule has 16 heavy (non-hydrogen) atoms. The summed E-state index contributed by atoms with van der Waals surface area (Å²) in [5.41, 5.74) is 8.50. The highest BCUT2D eigenvalue weighted by atomic mass is 15.2. The Kier molecular flexibility index (Phi) is 3.44. The van der Waals surface area contributed by atoms with Crippen LogP contribution in [0.2, 0.25) is 0 Å². The van der Waals surface area contributed by atoms with E-state index in [4.69, 9.17) is 5.73 Å². The molecule has 0 saturated carbocycles. The van der Waals surface area contributed by atoms with Crippen LogP contribution in [0.5, 0.6) is 0 Å². The maximum atomic E-state index is 6.05. The second-order valence-corrected chi connectivity index (χ2v) is 4.61. The van der Waals surface area contributed by atoms with E-state index in [-0.39, 0.29) is 6.04 Å². The third-order valence-electron chi connectivity index (χ3n) is 3.41. The van der Waals surface area contributed by atoms with Crippen LogP contribution in [0, 0.1) is 6.92 Å². The molecule has 1 aliphatic heterocycles. The van der Waals surface area contributed by atoms with Gasteiger partial charge in [0.2, 0.25) is 0 Å². The van der Waals surface area contributed by atoms with E-state index in [0.717, 1.165) is 25.3 Å². The minimum atomic E-state index is 0.125. The van der Waals surface area contributed by atoms with Crippen molar-refractivity contribution in [1.82, 2.24) is 4.98 Å². The standard InChI is InChI=1S/C13H21N3/c1-3-12(14)11-9-15-13(8-10(11)2)16-6-4-5-7-16/h8-9,12H,3-7,14H2,1-2H3/t12-/m1/s1. The Morgan fingerprint density at radius 1 is 1.44 bits per heavy atom. The van der Waals surface area contributed by atoms with Gasteiger partial charge in [-0.05, 0) is 43.4 Å². The summed E-state index contributed by atoms with van der Waals surface area (Å²) in [5.74, 6) is 1.11. The van der Waals surface area contributed by atoms with Crippen LogP contribution in [0.15, 0.2) is 12.3 Å². The second-order valence-electron chi connectivity index (χ2n) is 4.61. The van der Waals surface area contributed by atoms with Gasteiger partial charge in [-0.2, -0.15) is 0 Å². The number of aromatic nitrogens is 1. The molecular formula is C13H21N3. The molecule has 0 spiro atoms. The molecule has 2 heterocycles. The molecule has 88 valence electrons. The molecule has 2 rings (SSSR count). The first-order chi connectivity index (χ1) is 7.72. The van der Waals surface area contributed by atoms with Gasteiger partial charge in [0.25, 0.3) is 0 Å². The summed E-state index contributed by atoms with van der Waals surface area (Å²) < 4.78 is 0. The van der Waals surface area contributed by atoms with E-state index in [1.807, 2.05) is 6.20 Å². The van der Waals surface area contributed by atoms with Crippen LogP contribution in [0.3, 0.4) is 0 Å². The minimum absolute atomic E-state index is 0.125. The van der Waals surface area contributed by atoms with Gasteiger partial charge in [0.05, 0.1) is 0 Å². The van der Waals surface area contributed by atoms with Gasteiger partial charge in [-0.15, -0.1) is 0 Å². The fraction of sp³-hybridized carbons (Fsp3) is 0.615. The Bertz CT molecular complexity index is 356. The average molecular weight is 219 g/mol. The molecule has 3 nitrogen and oxygen atoms in total. The number of nitrogens with two attached hydrogens (primary N) is 1. The third-order valence-corrected chi connectivity index (χ3v) is 3.41. The summed E-state index contributed by atoms with van der Waals surface area (Å²) in [4.78, 5) is 6.89. The number of hydrogen-bond donors (Lipinski definition) is 1. The number of hydrogen-bond acceptors (Lipinski definition) is 3. The summed E-state index contributed by atoms with van der Waals surface area (Å²) in [7, 11) is 0. The number of rotatable bonds is 3. The van der Waals surface area contributed by atoms with Crippen LogP contribution in [-0.4, -0.2) is 18.1 Å². The number of nitrogens with zero attached hydrogens (tertiary/aromatic N) is 2. The first-order valence-corrected chi connectivity index (χ1v) is 6.19. The summed E-state index contributed by atoms with van der Waals surface area (Å²) in [6, 6.07) is 2.30. The Balaban J connectivity index is 2.21. The van der Waals surface area contributed by atoms with E-state index in [9.17, 15) is 0 Å². The van der Waals surface area contributed by atoms with Crippen molar-refractivity contribution in [3.05, 3.63) is 23.4 Å². The van der Waals surface area contributed by atoms with Gasteiger partial charge in [0, 0.05) is 25.3 Å². The Morgan fingerprint density at radius 3 is 2.69 bits per heavy atom. The van der Waals surface area contributed by atoms with E-state index in [1.54, 1.807) is 0 Å². The molecule has 0 bridgehead atoms. The van der Waals surface area contributed by atoms with Crippen LogP contribution in [0.25, 0.3) is 0 Å². The van der Waals surface area contributed by atoms with E-state index in [1.165, 1.54) is 24.0 Å². The number of aryl methyl sites for hydroxylation is 1. The summed E-state index contributed by atoms with van der Waals surface area (Å²) in [6.45, 7) is 6.53. The van der Waals surface area contributed by atoms with Crippen LogP contribution >= 0.6 is 0 Å². The van der Waals surface area contributed by atoms with Crippen molar-refractivity contribution in [3.63, 3.8) is 0 Å². The zero-order valence-corrected chi connectivity index (χ0v) is 10.2. The second kappa shape index (κ2) is 4.83. The highest BCUT2D eigenvalue weighted by Crippen LogP contribution is 2.23. The molecule has 0 radical (unpaired) electrons. The quantitative estimate of drug-likeness (QED) is 0.848. The van der Waals surface area contributed by atoms with Gasteiger partial charge in [-0.1, -0.05) is 6.92 Å². The smallest absolute Gasteiger partial charge is 0.128 e. The Labute approximate surface area is 97.7 Å². The molecule has 0 aliphatic carbocycles. The van der Waals surface area contributed by atoms with Gasteiger partial charge < -0.3 is 10.6 Å². The third kappa shape index (κ3) is 2.19. The number of pyridine rings is 1. The maximum absolute atomic E-state index is 6.05. The first kappa shape index (κ1) is 11.4. The normalized spacial score (nSPS) is 17.8. The van der Waals surface area contributed by atoms with Crippen molar-refractivity contribution in [1.29, 1.82) is 0 Å². The van der Waals surface area contributed by atoms with Crippen molar-refractivity contribution in [2.45, 2.75) is 39.2 Å². The van der Waals surface area contributed by atoms with Crippen molar-refractivity contribution in [2.75, 3.05) is 18.0 Å². The molecule has 1 aliphatic rings. The molecule has 0 amide bonds. The minimum Gasteiger partial charge on any atom is -0.357 e. The topological polar surface area (TPSA) is 42.1 Å². The Morgan fingerprint density at radius 2 is 2.12 bits per heavy atom. The average Bonchev–Trinajstić information content (AvgIpc) is 2.81. The first-order valence-electron chi connectivity index (χ1n) is 6.19. The number of anilines is 1. The molecule has 1 fully saturated rings. The van der Waals surface area contributed by atoms with E-state index >= 15 is 0 Å². The van der Waals surface area contributed by atoms with E-state index < -0.39 is 0 Å². The predicted octanol–water partition coefficient (Wildman–Crippen LogP) is 2.40. The van der Waals surface area contributed by atoms with Crippen LogP contribution < -0.4 is 10.6 Å². The Hall–Kier alpha value is -1.09. The maximum Gasteiger partial charge on any atom is 0.128 e. The van der Waals surface area contributed by atoms with Crippen molar-refractivity contribution < 1.29 is 0 Å². The fourth-order valence-corrected chi connectivity index (χ4v) is 2.28.